The normalized spacial score (nSPS) is 21.4. The molecule has 1 aromatic heterocycles. The molecular weight excluding hydrogens is 566 g/mol. The van der Waals surface area contributed by atoms with Crippen molar-refractivity contribution in [3.63, 3.8) is 0 Å². The molecule has 222 valence electrons. The Morgan fingerprint density at radius 1 is 0.841 bits per heavy atom. The Hall–Kier alpha value is -5.60. The smallest absolute Gasteiger partial charge is 0.351 e. The first-order chi connectivity index (χ1) is 21.2. The monoisotopic (exact) mass is 593 g/mol. The van der Waals surface area contributed by atoms with Crippen molar-refractivity contribution >= 4 is 17.9 Å². The maximum Gasteiger partial charge on any atom is 0.351 e. The molecule has 5 rings (SSSR count). The first-order valence-corrected chi connectivity index (χ1v) is 13.7. The van der Waals surface area contributed by atoms with E-state index in [1.807, 2.05) is 6.07 Å². The molecule has 11 nitrogen and oxygen atoms in total. The molecular formula is C33H27N3O8. The van der Waals surface area contributed by atoms with Crippen LogP contribution in [-0.2, 0) is 24.7 Å². The Bertz CT molecular complexity index is 1750. The lowest BCUT2D eigenvalue weighted by molar-refractivity contribution is -0.127. The van der Waals surface area contributed by atoms with Gasteiger partial charge in [0.25, 0.3) is 5.72 Å². The predicted molar refractivity (Wildman–Crippen MR) is 154 cm³/mol. The SMILES string of the molecule is Cc1ccn([C@]2(C#N)O[C@H]([C@@H](C)OC(=O)c3ccccc3)[C@@H](OC(=O)c3ccccc3)[C@H]2OC(=O)c2ccccc2)c(=O)n1. The number of hydrogen-bond acceptors (Lipinski definition) is 10. The van der Waals surface area contributed by atoms with E-state index in [1.165, 1.54) is 43.5 Å². The van der Waals surface area contributed by atoms with Crippen LogP contribution in [0.25, 0.3) is 0 Å². The van der Waals surface area contributed by atoms with Crippen molar-refractivity contribution < 1.29 is 33.3 Å². The minimum absolute atomic E-state index is 0.133. The van der Waals surface area contributed by atoms with Crippen LogP contribution < -0.4 is 5.69 Å². The molecule has 0 bridgehead atoms. The Morgan fingerprint density at radius 3 is 1.84 bits per heavy atom. The van der Waals surface area contributed by atoms with Gasteiger partial charge >= 0.3 is 23.6 Å². The van der Waals surface area contributed by atoms with Crippen molar-refractivity contribution in [2.75, 3.05) is 0 Å². The maximum absolute atomic E-state index is 13.4. The van der Waals surface area contributed by atoms with Gasteiger partial charge in [-0.15, -0.1) is 0 Å². The van der Waals surface area contributed by atoms with Gasteiger partial charge in [-0.2, -0.15) is 10.2 Å². The van der Waals surface area contributed by atoms with Gasteiger partial charge in [0.1, 0.15) is 18.3 Å². The molecule has 1 saturated heterocycles. The van der Waals surface area contributed by atoms with Crippen LogP contribution >= 0.6 is 0 Å². The molecule has 0 N–H and O–H groups in total. The highest BCUT2D eigenvalue weighted by atomic mass is 16.7. The molecule has 0 saturated carbocycles. The zero-order valence-electron chi connectivity index (χ0n) is 23.7. The summed E-state index contributed by atoms with van der Waals surface area (Å²) in [6.45, 7) is 3.07. The van der Waals surface area contributed by atoms with Crippen LogP contribution in [0.2, 0.25) is 0 Å². The van der Waals surface area contributed by atoms with Gasteiger partial charge in [-0.25, -0.2) is 19.2 Å². The van der Waals surface area contributed by atoms with Gasteiger partial charge in [0, 0.05) is 11.9 Å². The summed E-state index contributed by atoms with van der Waals surface area (Å²) < 4.78 is 24.6. The Balaban J connectivity index is 1.61. The molecule has 1 aliphatic rings. The van der Waals surface area contributed by atoms with E-state index in [4.69, 9.17) is 18.9 Å². The lowest BCUT2D eigenvalue weighted by atomic mass is 10.00. The number of nitrogens with zero attached hydrogens (tertiary/aromatic N) is 3. The number of nitriles is 1. The summed E-state index contributed by atoms with van der Waals surface area (Å²) in [5.74, 6) is -2.41. The summed E-state index contributed by atoms with van der Waals surface area (Å²) in [5, 5.41) is 10.6. The highest BCUT2D eigenvalue weighted by molar-refractivity contribution is 5.91. The molecule has 1 aliphatic heterocycles. The highest BCUT2D eigenvalue weighted by Gasteiger charge is 2.64. The van der Waals surface area contributed by atoms with Crippen LogP contribution in [0.1, 0.15) is 43.7 Å². The van der Waals surface area contributed by atoms with Gasteiger partial charge in [-0.05, 0) is 56.3 Å². The molecule has 1 fully saturated rings. The summed E-state index contributed by atoms with van der Waals surface area (Å²) in [6, 6.07) is 27.6. The van der Waals surface area contributed by atoms with E-state index in [0.29, 0.717) is 5.69 Å². The van der Waals surface area contributed by atoms with Crippen molar-refractivity contribution in [1.82, 2.24) is 9.55 Å². The van der Waals surface area contributed by atoms with Crippen molar-refractivity contribution in [3.05, 3.63) is 136 Å². The van der Waals surface area contributed by atoms with Crippen molar-refractivity contribution in [3.8, 4) is 6.07 Å². The lowest BCUT2D eigenvalue weighted by Crippen LogP contribution is -2.52. The van der Waals surface area contributed by atoms with Crippen LogP contribution in [-0.4, -0.2) is 51.9 Å². The lowest BCUT2D eigenvalue weighted by Gasteiger charge is -2.30. The molecule has 0 amide bonds. The minimum atomic E-state index is -2.37. The molecule has 0 aliphatic carbocycles. The molecule has 3 aromatic carbocycles. The Kier molecular flexibility index (Phi) is 8.64. The minimum Gasteiger partial charge on any atom is -0.456 e. The summed E-state index contributed by atoms with van der Waals surface area (Å²) in [6.07, 6.45) is -4.51. The second kappa shape index (κ2) is 12.7. The topological polar surface area (TPSA) is 147 Å². The number of aryl methyl sites for hydroxylation is 1. The van der Waals surface area contributed by atoms with Crippen LogP contribution in [0.5, 0.6) is 0 Å². The number of hydrogen-bond donors (Lipinski definition) is 0. The van der Waals surface area contributed by atoms with Gasteiger partial charge in [0.15, 0.2) is 6.10 Å². The zero-order chi connectivity index (χ0) is 31.3. The third-order valence-corrected chi connectivity index (χ3v) is 7.05. The quantitative estimate of drug-likeness (QED) is 0.218. The summed E-state index contributed by atoms with van der Waals surface area (Å²) in [7, 11) is 0. The van der Waals surface area contributed by atoms with E-state index < -0.39 is 53.7 Å². The second-order valence-corrected chi connectivity index (χ2v) is 10.0. The highest BCUT2D eigenvalue weighted by Crippen LogP contribution is 2.41. The second-order valence-electron chi connectivity index (χ2n) is 10.0. The van der Waals surface area contributed by atoms with Gasteiger partial charge < -0.3 is 18.9 Å². The number of carbonyl (C=O) groups is 3. The van der Waals surface area contributed by atoms with E-state index in [0.717, 1.165) is 4.57 Å². The average Bonchev–Trinajstić information content (AvgIpc) is 3.35. The van der Waals surface area contributed by atoms with Crippen LogP contribution in [0.3, 0.4) is 0 Å². The largest absolute Gasteiger partial charge is 0.456 e. The fraction of sp³-hybridized carbons (Fsp3) is 0.212. The fourth-order valence-electron chi connectivity index (χ4n) is 4.86. The third kappa shape index (κ3) is 5.97. The zero-order valence-corrected chi connectivity index (χ0v) is 23.7. The Labute approximate surface area is 252 Å². The van der Waals surface area contributed by atoms with Crippen LogP contribution in [0, 0.1) is 18.3 Å². The Morgan fingerprint density at radius 2 is 1.34 bits per heavy atom. The molecule has 11 heteroatoms. The first-order valence-electron chi connectivity index (χ1n) is 13.7. The molecule has 5 atom stereocenters. The van der Waals surface area contributed by atoms with E-state index in [2.05, 4.69) is 4.98 Å². The number of aromatic nitrogens is 2. The van der Waals surface area contributed by atoms with E-state index in [9.17, 15) is 24.4 Å². The van der Waals surface area contributed by atoms with Gasteiger partial charge in [0.05, 0.1) is 16.7 Å². The first kappa shape index (κ1) is 29.9. The van der Waals surface area contributed by atoms with Crippen molar-refractivity contribution in [2.24, 2.45) is 0 Å². The molecule has 4 aromatic rings. The molecule has 0 radical (unpaired) electrons. The van der Waals surface area contributed by atoms with Gasteiger partial charge in [0.2, 0.25) is 6.10 Å². The summed E-state index contributed by atoms with van der Waals surface area (Å²) in [4.78, 5) is 56.9. The number of esters is 3. The average molecular weight is 594 g/mol. The number of rotatable bonds is 8. The van der Waals surface area contributed by atoms with Crippen LogP contribution in [0.4, 0.5) is 0 Å². The van der Waals surface area contributed by atoms with E-state index in [-0.39, 0.29) is 16.7 Å². The van der Waals surface area contributed by atoms with Gasteiger partial charge in [-0.1, -0.05) is 54.6 Å². The summed E-state index contributed by atoms with van der Waals surface area (Å²) >= 11 is 0. The number of ether oxygens (including phenoxy) is 4. The van der Waals surface area contributed by atoms with Crippen LogP contribution in [0.15, 0.2) is 108 Å². The number of carbonyl (C=O) groups excluding carboxylic acids is 3. The standard InChI is InChI=1S/C33H27N3O8/c1-21-18-19-36(32(40)35-21)33(20-34)28(43-31(39)25-16-10-5-11-17-25)27(42-30(38)24-14-8-4-9-15-24)26(44-33)22(2)41-29(37)23-12-6-3-7-13-23/h3-19,22,26-28H,1-2H3/t22-,26-,27-,28-,33-/m1/s1. The predicted octanol–water partition coefficient (Wildman–Crippen LogP) is 3.82. The molecule has 0 spiro atoms. The number of benzene rings is 3. The molecule has 0 unspecified atom stereocenters. The van der Waals surface area contributed by atoms with E-state index >= 15 is 0 Å². The van der Waals surface area contributed by atoms with E-state index in [1.54, 1.807) is 73.7 Å². The fourth-order valence-corrected chi connectivity index (χ4v) is 4.86. The third-order valence-electron chi connectivity index (χ3n) is 7.05. The maximum atomic E-state index is 13.4. The van der Waals surface area contributed by atoms with Gasteiger partial charge in [-0.3, -0.25) is 4.57 Å². The summed E-state index contributed by atoms with van der Waals surface area (Å²) in [5.41, 5.74) is -2.35. The van der Waals surface area contributed by atoms with Crippen molar-refractivity contribution in [2.45, 2.75) is 44.0 Å². The van der Waals surface area contributed by atoms with Crippen molar-refractivity contribution in [1.29, 1.82) is 5.26 Å². The molecule has 44 heavy (non-hydrogen) atoms. The molecule has 2 heterocycles.